The number of phenolic OH excluding ortho intramolecular Hbond substituents is 1. The predicted octanol–water partition coefficient (Wildman–Crippen LogP) is 1.00. The summed E-state index contributed by atoms with van der Waals surface area (Å²) in [6.45, 7) is 4.95. The third-order valence-electron chi connectivity index (χ3n) is 8.20. The van der Waals surface area contributed by atoms with E-state index in [0.717, 1.165) is 0 Å². The van der Waals surface area contributed by atoms with Gasteiger partial charge >= 0.3 is 16.1 Å². The summed E-state index contributed by atoms with van der Waals surface area (Å²) >= 11 is 0. The van der Waals surface area contributed by atoms with Crippen molar-refractivity contribution < 1.29 is 57.3 Å². The topological polar surface area (TPSA) is 282 Å². The first-order valence-corrected chi connectivity index (χ1v) is 15.3. The molecular weight excluding hydrogens is 620 g/mol. The van der Waals surface area contributed by atoms with Gasteiger partial charge in [-0.15, -0.1) is 0 Å². The van der Waals surface area contributed by atoms with Crippen molar-refractivity contribution in [2.24, 2.45) is 17.6 Å². The van der Waals surface area contributed by atoms with Crippen LogP contribution < -0.4 is 10.6 Å². The molecular formula is C27H36N4O13S. The maximum Gasteiger partial charge on any atom is 0.394 e. The third-order valence-corrected chi connectivity index (χ3v) is 8.20. The van der Waals surface area contributed by atoms with Crippen LogP contribution in [0.15, 0.2) is 28.7 Å². The number of allylic oxidation sites excluding steroid dienone is 1. The highest BCUT2D eigenvalue weighted by Crippen LogP contribution is 2.54. The van der Waals surface area contributed by atoms with Crippen LogP contribution in [0.4, 0.5) is 11.4 Å². The standard InChI is InChI=1S/C27H34N4O9.H2O4S/c1-5-7-30(8-6-2)15-11-16(31(39)40)21(32)18-13(15)9-12-10-14-20(29(3)4)23(34)19(26(28)37)25(36)27(14,38)24(35)17(12)22(18)33;1-5(2,3)4/h11-12,14,20,32,34-35,38H,5-10H2,1-4H3,(H2,28,37);(H2,1,2,3,4)/t12?,14?,20-,27-;/m0./s1. The van der Waals surface area contributed by atoms with Crippen LogP contribution in [0.25, 0.3) is 0 Å². The van der Waals surface area contributed by atoms with Gasteiger partial charge in [0.15, 0.2) is 11.4 Å². The summed E-state index contributed by atoms with van der Waals surface area (Å²) in [6, 6.07) is 0.146. The van der Waals surface area contributed by atoms with E-state index in [1.54, 1.807) is 14.1 Å². The minimum absolute atomic E-state index is 0.0549. The zero-order chi connectivity index (χ0) is 34.3. The average molecular weight is 657 g/mol. The number of benzene rings is 1. The fourth-order valence-corrected chi connectivity index (χ4v) is 6.60. The number of nitrogens with two attached hydrogens (primary N) is 1. The summed E-state index contributed by atoms with van der Waals surface area (Å²) in [5.41, 5.74) is 1.03. The predicted molar refractivity (Wildman–Crippen MR) is 157 cm³/mol. The van der Waals surface area contributed by atoms with Crippen LogP contribution in [-0.2, 0) is 26.4 Å². The average Bonchev–Trinajstić information content (AvgIpc) is 2.89. The van der Waals surface area contributed by atoms with Crippen molar-refractivity contribution in [3.8, 4) is 5.75 Å². The fraction of sp³-hybridized carbons (Fsp3) is 0.519. The minimum Gasteiger partial charge on any atom is -0.510 e. The normalized spacial score (nSPS) is 24.4. The molecule has 3 aliphatic rings. The molecule has 17 nitrogen and oxygen atoms in total. The molecule has 0 aromatic heterocycles. The number of aliphatic hydroxyl groups excluding tert-OH is 2. The number of ketones is 2. The van der Waals surface area contributed by atoms with Crippen LogP contribution in [-0.4, -0.2) is 104 Å². The maximum absolute atomic E-state index is 14.0. The molecule has 1 amide bonds. The molecule has 248 valence electrons. The number of Topliss-reactive ketones (excluding diaryl/α,β-unsaturated/α-hetero) is 2. The van der Waals surface area contributed by atoms with E-state index in [2.05, 4.69) is 0 Å². The summed E-state index contributed by atoms with van der Waals surface area (Å²) in [5.74, 6) is -8.08. The first kappa shape index (κ1) is 35.4. The highest BCUT2D eigenvalue weighted by molar-refractivity contribution is 7.79. The largest absolute Gasteiger partial charge is 0.510 e. The number of amides is 1. The number of nitro benzene ring substituents is 1. The lowest BCUT2D eigenvalue weighted by Crippen LogP contribution is -2.63. The van der Waals surface area contributed by atoms with Gasteiger partial charge in [0.1, 0.15) is 17.1 Å². The minimum atomic E-state index is -4.67. The quantitative estimate of drug-likeness (QED) is 0.0889. The number of fused-ring (bicyclic) bond motifs is 3. The van der Waals surface area contributed by atoms with Gasteiger partial charge in [0.25, 0.3) is 5.91 Å². The van der Waals surface area contributed by atoms with Gasteiger partial charge in [-0.2, -0.15) is 8.42 Å². The number of likely N-dealkylation sites (N-methyl/N-ethyl adjacent to an activating group) is 1. The molecule has 8 N–H and O–H groups in total. The van der Waals surface area contributed by atoms with Crippen molar-refractivity contribution in [1.82, 2.24) is 4.90 Å². The Labute approximate surface area is 258 Å². The summed E-state index contributed by atoms with van der Waals surface area (Å²) < 4.78 is 31.6. The molecule has 3 aliphatic carbocycles. The van der Waals surface area contributed by atoms with Gasteiger partial charge in [-0.3, -0.25) is 38.5 Å². The third kappa shape index (κ3) is 6.23. The number of nitrogens with zero attached hydrogens (tertiary/aromatic N) is 3. The van der Waals surface area contributed by atoms with Gasteiger partial charge in [-0.25, -0.2) is 0 Å². The number of primary amides is 1. The second-order valence-electron chi connectivity index (χ2n) is 11.3. The Kier molecular flexibility index (Phi) is 10.00. The lowest BCUT2D eigenvalue weighted by atomic mass is 9.58. The molecule has 2 unspecified atom stereocenters. The number of carbonyl (C=O) groups excluding carboxylic acids is 3. The molecule has 0 heterocycles. The van der Waals surface area contributed by atoms with Crippen LogP contribution in [0.5, 0.6) is 5.75 Å². The Morgan fingerprint density at radius 3 is 2.11 bits per heavy atom. The van der Waals surface area contributed by atoms with Crippen molar-refractivity contribution in [3.05, 3.63) is 50.0 Å². The SMILES string of the molecule is CCCN(CCC)c1cc([N+](=O)[O-])c(O)c2c1CC1CC3[C@H](N(C)C)C(O)=C(C(N)=O)C(=O)[C@@]3(O)C(O)=C1C2=O.O=S(=O)(O)O. The first-order chi connectivity index (χ1) is 20.7. The molecule has 18 heteroatoms. The number of nitro groups is 1. The van der Waals surface area contributed by atoms with E-state index in [9.17, 15) is 44.9 Å². The second-order valence-corrected chi connectivity index (χ2v) is 12.2. The summed E-state index contributed by atoms with van der Waals surface area (Å²) in [5, 5.41) is 56.8. The van der Waals surface area contributed by atoms with E-state index in [4.69, 9.17) is 23.3 Å². The molecule has 0 spiro atoms. The highest BCUT2D eigenvalue weighted by Gasteiger charge is 2.63. The highest BCUT2D eigenvalue weighted by atomic mass is 32.3. The van der Waals surface area contributed by atoms with Gasteiger partial charge in [0.05, 0.1) is 16.5 Å². The van der Waals surface area contributed by atoms with Crippen LogP contribution in [0, 0.1) is 22.0 Å². The summed E-state index contributed by atoms with van der Waals surface area (Å²) in [6.07, 6.45) is 1.41. The molecule has 4 atom stereocenters. The Bertz CT molecular complexity index is 1600. The molecule has 0 saturated carbocycles. The molecule has 0 bridgehead atoms. The zero-order valence-corrected chi connectivity index (χ0v) is 25.7. The van der Waals surface area contributed by atoms with E-state index in [1.807, 2.05) is 18.7 Å². The number of aliphatic hydroxyl groups is 3. The van der Waals surface area contributed by atoms with E-state index < -0.39 is 84.8 Å². The van der Waals surface area contributed by atoms with Crippen molar-refractivity contribution in [2.75, 3.05) is 32.1 Å². The van der Waals surface area contributed by atoms with Gasteiger partial charge in [0, 0.05) is 36.3 Å². The molecule has 1 aromatic carbocycles. The maximum atomic E-state index is 14.0. The van der Waals surface area contributed by atoms with Gasteiger partial charge in [-0.05, 0) is 51.3 Å². The van der Waals surface area contributed by atoms with Crippen molar-refractivity contribution in [3.63, 3.8) is 0 Å². The Balaban J connectivity index is 0.00000102. The number of anilines is 1. The van der Waals surface area contributed by atoms with Crippen LogP contribution in [0.2, 0.25) is 0 Å². The molecule has 0 aliphatic heterocycles. The zero-order valence-electron chi connectivity index (χ0n) is 24.9. The number of hydrogen-bond donors (Lipinski definition) is 7. The molecule has 0 radical (unpaired) electrons. The Morgan fingerprint density at radius 1 is 1.13 bits per heavy atom. The smallest absolute Gasteiger partial charge is 0.394 e. The van der Waals surface area contributed by atoms with E-state index in [0.29, 0.717) is 37.2 Å². The Morgan fingerprint density at radius 2 is 1.67 bits per heavy atom. The van der Waals surface area contributed by atoms with E-state index >= 15 is 0 Å². The Hall–Kier alpha value is -4.10. The van der Waals surface area contributed by atoms with E-state index in [-0.39, 0.29) is 24.0 Å². The monoisotopic (exact) mass is 656 g/mol. The van der Waals surface area contributed by atoms with Gasteiger partial charge in [-0.1, -0.05) is 13.8 Å². The van der Waals surface area contributed by atoms with Crippen LogP contribution in [0.1, 0.15) is 49.0 Å². The van der Waals surface area contributed by atoms with Crippen molar-refractivity contribution in [1.29, 1.82) is 0 Å². The second kappa shape index (κ2) is 12.7. The van der Waals surface area contributed by atoms with Gasteiger partial charge < -0.3 is 31.1 Å². The lowest BCUT2D eigenvalue weighted by molar-refractivity contribution is -0.385. The lowest BCUT2D eigenvalue weighted by Gasteiger charge is -2.50. The summed E-state index contributed by atoms with van der Waals surface area (Å²) in [7, 11) is -1.56. The summed E-state index contributed by atoms with van der Waals surface area (Å²) in [4.78, 5) is 53.9. The molecule has 0 fully saturated rings. The first-order valence-electron chi connectivity index (χ1n) is 13.9. The number of hydrogen-bond acceptors (Lipinski definition) is 13. The number of rotatable bonds is 8. The van der Waals surface area contributed by atoms with E-state index in [1.165, 1.54) is 11.0 Å². The number of carbonyl (C=O) groups is 3. The number of phenols is 1. The molecule has 45 heavy (non-hydrogen) atoms. The number of aromatic hydroxyl groups is 1. The molecule has 0 saturated heterocycles. The van der Waals surface area contributed by atoms with Gasteiger partial charge in [0.2, 0.25) is 11.5 Å². The fourth-order valence-electron chi connectivity index (χ4n) is 6.60. The molecule has 1 aromatic rings. The molecule has 4 rings (SSSR count). The van der Waals surface area contributed by atoms with Crippen molar-refractivity contribution in [2.45, 2.75) is 51.2 Å². The van der Waals surface area contributed by atoms with Crippen LogP contribution >= 0.6 is 0 Å². The van der Waals surface area contributed by atoms with Crippen LogP contribution in [0.3, 0.4) is 0 Å². The van der Waals surface area contributed by atoms with Crippen molar-refractivity contribution >= 4 is 39.2 Å².